The normalized spacial score (nSPS) is 28.2. The van der Waals surface area contributed by atoms with Gasteiger partial charge in [-0.2, -0.15) is 0 Å². The van der Waals surface area contributed by atoms with Crippen molar-refractivity contribution in [1.82, 2.24) is 30.2 Å². The van der Waals surface area contributed by atoms with Gasteiger partial charge in [-0.15, -0.1) is 11.3 Å². The van der Waals surface area contributed by atoms with E-state index in [0.29, 0.717) is 48.8 Å². The third kappa shape index (κ3) is 8.41. The van der Waals surface area contributed by atoms with E-state index in [1.54, 1.807) is 0 Å². The number of aromatic nitrogens is 2. The molecule has 1 aromatic carbocycles. The second-order valence-corrected chi connectivity index (χ2v) is 18.6. The second-order valence-electron chi connectivity index (χ2n) is 15.7. The number of amides is 4. The number of thiophene rings is 1. The number of carbonyl (C=O) groups is 4. The number of benzene rings is 1. The van der Waals surface area contributed by atoms with Gasteiger partial charge in [-0.1, -0.05) is 49.6 Å². The lowest BCUT2D eigenvalue weighted by Gasteiger charge is -2.30. The molecule has 2 aromatic heterocycles. The molecule has 2 aliphatic heterocycles. The maximum atomic E-state index is 14.7. The maximum absolute atomic E-state index is 14.7. The Morgan fingerprint density at radius 2 is 1.66 bits per heavy atom. The Kier molecular flexibility index (Phi) is 11.0. The smallest absolute Gasteiger partial charge is 0.408 e. The number of alkyl carbamates (subject to hydrolysis) is 1. The molecule has 56 heavy (non-hydrogen) atoms. The van der Waals surface area contributed by atoms with Crippen molar-refractivity contribution < 1.29 is 37.1 Å². The highest BCUT2D eigenvalue weighted by Crippen LogP contribution is 2.46. The molecule has 0 radical (unpaired) electrons. The number of carbonyl (C=O) groups excluding carboxylic acids is 4. The van der Waals surface area contributed by atoms with Crippen LogP contribution in [0.1, 0.15) is 89.9 Å². The monoisotopic (exact) mass is 804 g/mol. The highest BCUT2D eigenvalue weighted by atomic mass is 32.2. The molecule has 3 aliphatic carbocycles. The Hall–Kier alpha value is -4.57. The average Bonchev–Trinajstić information content (AvgIpc) is 4.05. The van der Waals surface area contributed by atoms with E-state index in [2.05, 4.69) is 15.4 Å². The molecule has 0 bridgehead atoms. The van der Waals surface area contributed by atoms with Gasteiger partial charge < -0.3 is 25.0 Å². The Labute approximate surface area is 330 Å². The third-order valence-corrected chi connectivity index (χ3v) is 14.2. The van der Waals surface area contributed by atoms with Crippen LogP contribution in [0.5, 0.6) is 5.88 Å². The lowest BCUT2D eigenvalue weighted by atomic mass is 9.98. The van der Waals surface area contributed by atoms with E-state index in [0.717, 1.165) is 49.8 Å². The van der Waals surface area contributed by atoms with Gasteiger partial charge >= 0.3 is 6.09 Å². The molecule has 5 aliphatic rings. The van der Waals surface area contributed by atoms with Crippen LogP contribution in [0.3, 0.4) is 0 Å². The van der Waals surface area contributed by atoms with E-state index in [4.69, 9.17) is 19.4 Å². The van der Waals surface area contributed by atoms with Crippen LogP contribution < -0.4 is 20.1 Å². The van der Waals surface area contributed by atoms with E-state index in [1.807, 2.05) is 53.9 Å². The van der Waals surface area contributed by atoms with Crippen LogP contribution in [0, 0.1) is 5.92 Å². The van der Waals surface area contributed by atoms with E-state index in [9.17, 15) is 27.6 Å². The summed E-state index contributed by atoms with van der Waals surface area (Å²) in [6.07, 6.45) is 11.3. The van der Waals surface area contributed by atoms with Gasteiger partial charge in [0.05, 0.1) is 27.7 Å². The van der Waals surface area contributed by atoms with Crippen molar-refractivity contribution >= 4 is 56.2 Å². The standard InChI is InChI=1S/C40H48N6O8S2/c47-35-32-22-27(53-36-34(33-18-11-21-55-33)41-29-15-9-10-16-30(29)42-36)24-46(32)37(48)31(43-39(50)54-26-13-6-4-7-14-26)17-8-3-1-2-5-12-25-23-40(25,44-35)38(49)45-56(51,52)28-19-20-28/h5,9-12,15-16,18,21,25-28,31-32H,1-4,6-8,13-14,17,19-20,22-24H2,(H,43,50)(H,44,47)(H,45,49)/b12-5-/t25?,27-,31-,32+,40-/m1/s1. The molecule has 0 spiro atoms. The van der Waals surface area contributed by atoms with Crippen LogP contribution in [0.15, 0.2) is 53.9 Å². The first-order chi connectivity index (χ1) is 27.1. The van der Waals surface area contributed by atoms with Gasteiger partial charge in [0.25, 0.3) is 5.91 Å². The third-order valence-electron chi connectivity index (χ3n) is 11.5. The highest BCUT2D eigenvalue weighted by Gasteiger charge is 2.62. The van der Waals surface area contributed by atoms with E-state index >= 15 is 0 Å². The van der Waals surface area contributed by atoms with Crippen molar-refractivity contribution in [3.05, 3.63) is 53.9 Å². The number of para-hydroxylation sites is 2. The SMILES string of the molecule is O=C(N[C@@H]1CCCCC/C=C\C2C[C@@]2(C(=O)NS(=O)(=O)C2CC2)NC(=O)[C@@H]2C[C@@H](Oc3nc4ccccc4nc3-c3cccs3)CN2C1=O)OC1CCCCC1. The van der Waals surface area contributed by atoms with Gasteiger partial charge in [-0.25, -0.2) is 23.2 Å². The van der Waals surface area contributed by atoms with Crippen LogP contribution in [0.2, 0.25) is 0 Å². The average molecular weight is 805 g/mol. The summed E-state index contributed by atoms with van der Waals surface area (Å²) in [6.45, 7) is -0.0102. The molecule has 5 atom stereocenters. The quantitative estimate of drug-likeness (QED) is 0.258. The summed E-state index contributed by atoms with van der Waals surface area (Å²) < 4.78 is 40.4. The van der Waals surface area contributed by atoms with Crippen LogP contribution in [-0.2, 0) is 29.1 Å². The first-order valence-electron chi connectivity index (χ1n) is 19.9. The minimum Gasteiger partial charge on any atom is -0.471 e. The predicted molar refractivity (Wildman–Crippen MR) is 209 cm³/mol. The molecule has 4 amide bonds. The Balaban J connectivity index is 1.10. The topological polar surface area (TPSA) is 186 Å². The van der Waals surface area contributed by atoms with E-state index < -0.39 is 68.7 Å². The largest absolute Gasteiger partial charge is 0.471 e. The minimum atomic E-state index is -3.89. The lowest BCUT2D eigenvalue weighted by Crippen LogP contribution is -2.58. The molecule has 8 rings (SSSR count). The van der Waals surface area contributed by atoms with E-state index in [-0.39, 0.29) is 31.4 Å². The Bertz CT molecular complexity index is 2100. The summed E-state index contributed by atoms with van der Waals surface area (Å²) in [7, 11) is -3.89. The zero-order valence-corrected chi connectivity index (χ0v) is 32.8. The molecule has 3 aromatic rings. The van der Waals surface area contributed by atoms with E-state index in [1.165, 1.54) is 16.2 Å². The number of rotatable bonds is 8. The summed E-state index contributed by atoms with van der Waals surface area (Å²) in [4.78, 5) is 68.2. The summed E-state index contributed by atoms with van der Waals surface area (Å²) >= 11 is 1.48. The fraction of sp³-hybridized carbons (Fsp3) is 0.550. The number of allylic oxidation sites excluding steroid dienone is 1. The predicted octanol–water partition coefficient (Wildman–Crippen LogP) is 5.14. The zero-order chi connectivity index (χ0) is 38.9. The maximum Gasteiger partial charge on any atom is 0.408 e. The first kappa shape index (κ1) is 38.3. The molecule has 4 heterocycles. The van der Waals surface area contributed by atoms with Crippen LogP contribution in [0.25, 0.3) is 21.6 Å². The number of nitrogens with one attached hydrogen (secondary N) is 3. The van der Waals surface area contributed by atoms with Gasteiger partial charge in [-0.3, -0.25) is 19.1 Å². The molecule has 3 N–H and O–H groups in total. The number of nitrogens with zero attached hydrogens (tertiary/aromatic N) is 3. The summed E-state index contributed by atoms with van der Waals surface area (Å²) in [5.74, 6) is -2.02. The first-order valence-corrected chi connectivity index (χ1v) is 22.3. The molecule has 1 unspecified atom stereocenters. The Morgan fingerprint density at radius 1 is 0.911 bits per heavy atom. The highest BCUT2D eigenvalue weighted by molar-refractivity contribution is 7.91. The van der Waals surface area contributed by atoms with Crippen LogP contribution >= 0.6 is 11.3 Å². The summed E-state index contributed by atoms with van der Waals surface area (Å²) in [5.41, 5.74) is 0.337. The van der Waals surface area contributed by atoms with Crippen molar-refractivity contribution in [2.75, 3.05) is 6.54 Å². The van der Waals surface area contributed by atoms with Gasteiger partial charge in [0.2, 0.25) is 27.7 Å². The fourth-order valence-corrected chi connectivity index (χ4v) is 10.2. The number of hydrogen-bond acceptors (Lipinski definition) is 11. The summed E-state index contributed by atoms with van der Waals surface area (Å²) in [5, 5.41) is 7.06. The van der Waals surface area contributed by atoms with Crippen molar-refractivity contribution in [3.8, 4) is 16.5 Å². The van der Waals surface area contributed by atoms with Gasteiger partial charge in [0.15, 0.2) is 0 Å². The van der Waals surface area contributed by atoms with Crippen molar-refractivity contribution in [2.45, 2.75) is 125 Å². The molecule has 3 saturated carbocycles. The van der Waals surface area contributed by atoms with Gasteiger partial charge in [0, 0.05) is 12.3 Å². The molecule has 14 nitrogen and oxygen atoms in total. The lowest BCUT2D eigenvalue weighted by molar-refractivity contribution is -0.141. The fourth-order valence-electron chi connectivity index (χ4n) is 8.16. The molecular formula is C40H48N6O8S2. The zero-order valence-electron chi connectivity index (χ0n) is 31.2. The van der Waals surface area contributed by atoms with Crippen molar-refractivity contribution in [3.63, 3.8) is 0 Å². The molecule has 16 heteroatoms. The molecule has 298 valence electrons. The van der Waals surface area contributed by atoms with Crippen LogP contribution in [-0.4, -0.2) is 88.7 Å². The van der Waals surface area contributed by atoms with Gasteiger partial charge in [0.1, 0.15) is 35.5 Å². The molecular weight excluding hydrogens is 757 g/mol. The molecule has 4 fully saturated rings. The number of fused-ring (bicyclic) bond motifs is 3. The van der Waals surface area contributed by atoms with Crippen molar-refractivity contribution in [1.29, 1.82) is 0 Å². The van der Waals surface area contributed by atoms with Gasteiger partial charge in [-0.05, 0) is 87.8 Å². The molecule has 1 saturated heterocycles. The van der Waals surface area contributed by atoms with Crippen molar-refractivity contribution in [2.24, 2.45) is 5.92 Å². The Morgan fingerprint density at radius 3 is 2.41 bits per heavy atom. The number of sulfonamides is 1. The number of hydrogen-bond donors (Lipinski definition) is 3. The summed E-state index contributed by atoms with van der Waals surface area (Å²) in [6, 6.07) is 9.19. The van der Waals surface area contributed by atoms with Crippen LogP contribution in [0.4, 0.5) is 4.79 Å². The second kappa shape index (κ2) is 16.1. The number of ether oxygens (including phenoxy) is 2. The minimum absolute atomic E-state index is 0.0102.